The third kappa shape index (κ3) is 3.66. The lowest BCUT2D eigenvalue weighted by atomic mass is 10.3. The van der Waals surface area contributed by atoms with Gasteiger partial charge in [-0.15, -0.1) is 0 Å². The van der Waals surface area contributed by atoms with Gasteiger partial charge in [0.05, 0.1) is 29.1 Å². The van der Waals surface area contributed by atoms with E-state index in [4.69, 9.17) is 16.3 Å². The first-order chi connectivity index (χ1) is 11.6. The summed E-state index contributed by atoms with van der Waals surface area (Å²) in [6.45, 7) is 1.82. The van der Waals surface area contributed by atoms with E-state index in [1.807, 2.05) is 31.2 Å². The van der Waals surface area contributed by atoms with Gasteiger partial charge in [0.15, 0.2) is 5.16 Å². The zero-order chi connectivity index (χ0) is 17.1. The molecule has 0 fully saturated rings. The second kappa shape index (κ2) is 7.15. The highest BCUT2D eigenvalue weighted by Gasteiger charge is 2.18. The highest BCUT2D eigenvalue weighted by atomic mass is 35.5. The SMILES string of the molecule is COc1ccc(Cl)cc1NC(=O)[C@@H](C)Sc1nc2ccccc2[nH]1. The molecule has 0 unspecified atom stereocenters. The Labute approximate surface area is 148 Å². The maximum Gasteiger partial charge on any atom is 0.237 e. The number of halogens is 1. The molecule has 24 heavy (non-hydrogen) atoms. The number of nitrogens with one attached hydrogen (secondary N) is 2. The summed E-state index contributed by atoms with van der Waals surface area (Å²) >= 11 is 7.35. The molecular formula is C17H16ClN3O2S. The number of carbonyl (C=O) groups is 1. The molecule has 7 heteroatoms. The third-order valence-corrected chi connectivity index (χ3v) is 4.66. The van der Waals surface area contributed by atoms with Crippen molar-refractivity contribution in [3.05, 3.63) is 47.5 Å². The van der Waals surface area contributed by atoms with Gasteiger partial charge in [-0.05, 0) is 37.3 Å². The van der Waals surface area contributed by atoms with Gasteiger partial charge in [-0.25, -0.2) is 4.98 Å². The summed E-state index contributed by atoms with van der Waals surface area (Å²) in [6, 6.07) is 12.8. The zero-order valence-corrected chi connectivity index (χ0v) is 14.7. The number of H-pyrrole nitrogens is 1. The van der Waals surface area contributed by atoms with E-state index in [2.05, 4.69) is 15.3 Å². The maximum absolute atomic E-state index is 12.4. The van der Waals surface area contributed by atoms with Gasteiger partial charge in [0, 0.05) is 5.02 Å². The number of carbonyl (C=O) groups excluding carboxylic acids is 1. The lowest BCUT2D eigenvalue weighted by molar-refractivity contribution is -0.115. The Kier molecular flexibility index (Phi) is 4.97. The number of amides is 1. The number of ether oxygens (including phenoxy) is 1. The maximum atomic E-state index is 12.4. The molecule has 1 atom stereocenters. The molecule has 0 aliphatic carbocycles. The number of rotatable bonds is 5. The number of imidazole rings is 1. The fourth-order valence-electron chi connectivity index (χ4n) is 2.22. The van der Waals surface area contributed by atoms with Crippen LogP contribution in [0.2, 0.25) is 5.02 Å². The van der Waals surface area contributed by atoms with Crippen LogP contribution in [0.15, 0.2) is 47.6 Å². The van der Waals surface area contributed by atoms with Crippen molar-refractivity contribution in [2.45, 2.75) is 17.3 Å². The normalized spacial score (nSPS) is 12.1. The number of methoxy groups -OCH3 is 1. The summed E-state index contributed by atoms with van der Waals surface area (Å²) in [5.41, 5.74) is 2.38. The second-order valence-electron chi connectivity index (χ2n) is 5.15. The van der Waals surface area contributed by atoms with Crippen LogP contribution in [0.25, 0.3) is 11.0 Å². The summed E-state index contributed by atoms with van der Waals surface area (Å²) in [7, 11) is 1.55. The predicted octanol–water partition coefficient (Wildman–Crippen LogP) is 4.34. The first-order valence-corrected chi connectivity index (χ1v) is 8.58. The monoisotopic (exact) mass is 361 g/mol. The number of anilines is 1. The molecule has 0 saturated heterocycles. The van der Waals surface area contributed by atoms with Crippen LogP contribution in [0, 0.1) is 0 Å². The average molecular weight is 362 g/mol. The molecule has 1 amide bonds. The van der Waals surface area contributed by atoms with Gasteiger partial charge < -0.3 is 15.0 Å². The highest BCUT2D eigenvalue weighted by Crippen LogP contribution is 2.29. The molecule has 124 valence electrons. The number of nitrogens with zero attached hydrogens (tertiary/aromatic N) is 1. The van der Waals surface area contributed by atoms with Crippen LogP contribution in [-0.2, 0) is 4.79 Å². The minimum Gasteiger partial charge on any atom is -0.495 e. The number of aromatic amines is 1. The Morgan fingerprint density at radius 2 is 2.12 bits per heavy atom. The number of benzene rings is 2. The molecule has 3 aromatic rings. The lowest BCUT2D eigenvalue weighted by Gasteiger charge is -2.13. The topological polar surface area (TPSA) is 67.0 Å². The molecule has 3 rings (SSSR count). The van der Waals surface area contributed by atoms with Crippen LogP contribution in [0.3, 0.4) is 0 Å². The van der Waals surface area contributed by atoms with Gasteiger partial charge >= 0.3 is 0 Å². The third-order valence-electron chi connectivity index (χ3n) is 3.44. The molecular weight excluding hydrogens is 346 g/mol. The minimum absolute atomic E-state index is 0.152. The highest BCUT2D eigenvalue weighted by molar-refractivity contribution is 8.00. The Bertz CT molecular complexity index is 848. The van der Waals surface area contributed by atoms with Gasteiger partial charge in [-0.3, -0.25) is 4.79 Å². The number of fused-ring (bicyclic) bond motifs is 1. The fourth-order valence-corrected chi connectivity index (χ4v) is 3.21. The first kappa shape index (κ1) is 16.7. The van der Waals surface area contributed by atoms with E-state index in [9.17, 15) is 4.79 Å². The van der Waals surface area contributed by atoms with Gasteiger partial charge in [-0.2, -0.15) is 0 Å². The quantitative estimate of drug-likeness (QED) is 0.663. The first-order valence-electron chi connectivity index (χ1n) is 7.32. The van der Waals surface area contributed by atoms with Gasteiger partial charge in [0.1, 0.15) is 5.75 Å². The molecule has 2 N–H and O–H groups in total. The van der Waals surface area contributed by atoms with Crippen molar-refractivity contribution in [3.8, 4) is 5.75 Å². The van der Waals surface area contributed by atoms with E-state index in [1.165, 1.54) is 11.8 Å². The molecule has 0 radical (unpaired) electrons. The molecule has 1 heterocycles. The van der Waals surface area contributed by atoms with E-state index < -0.39 is 0 Å². The lowest BCUT2D eigenvalue weighted by Crippen LogP contribution is -2.22. The summed E-state index contributed by atoms with van der Waals surface area (Å²) < 4.78 is 5.24. The summed E-state index contributed by atoms with van der Waals surface area (Å²) in [4.78, 5) is 20.1. The zero-order valence-electron chi connectivity index (χ0n) is 13.2. The fraction of sp³-hybridized carbons (Fsp3) is 0.176. The van der Waals surface area contributed by atoms with Crippen molar-refractivity contribution in [2.75, 3.05) is 12.4 Å². The van der Waals surface area contributed by atoms with Gasteiger partial charge in [0.2, 0.25) is 5.91 Å². The number of hydrogen-bond donors (Lipinski definition) is 2. The van der Waals surface area contributed by atoms with Gasteiger partial charge in [0.25, 0.3) is 0 Å². The second-order valence-corrected chi connectivity index (χ2v) is 6.92. The van der Waals surface area contributed by atoms with Crippen LogP contribution in [0.5, 0.6) is 5.75 Å². The van der Waals surface area contributed by atoms with Crippen LogP contribution in [-0.4, -0.2) is 28.2 Å². The Morgan fingerprint density at radius 3 is 2.88 bits per heavy atom. The Balaban J connectivity index is 1.71. The van der Waals surface area contributed by atoms with Crippen LogP contribution in [0.4, 0.5) is 5.69 Å². The Hall–Kier alpha value is -2.18. The van der Waals surface area contributed by atoms with Crippen molar-refractivity contribution >= 4 is 46.0 Å². The minimum atomic E-state index is -0.339. The summed E-state index contributed by atoms with van der Waals surface area (Å²) in [6.07, 6.45) is 0. The van der Waals surface area contributed by atoms with Crippen molar-refractivity contribution in [1.29, 1.82) is 0 Å². The summed E-state index contributed by atoms with van der Waals surface area (Å²) in [5, 5.41) is 3.74. The van der Waals surface area contributed by atoms with Crippen molar-refractivity contribution in [2.24, 2.45) is 0 Å². The van der Waals surface area contributed by atoms with Crippen LogP contribution in [0.1, 0.15) is 6.92 Å². The van der Waals surface area contributed by atoms with E-state index in [1.54, 1.807) is 25.3 Å². The van der Waals surface area contributed by atoms with E-state index in [0.29, 0.717) is 21.6 Å². The average Bonchev–Trinajstić information content (AvgIpc) is 2.97. The molecule has 0 saturated carbocycles. The largest absolute Gasteiger partial charge is 0.495 e. The number of aromatic nitrogens is 2. The summed E-state index contributed by atoms with van der Waals surface area (Å²) in [5.74, 6) is 0.412. The van der Waals surface area contributed by atoms with Crippen molar-refractivity contribution in [3.63, 3.8) is 0 Å². The Morgan fingerprint density at radius 1 is 1.33 bits per heavy atom. The molecule has 0 aliphatic rings. The van der Waals surface area contributed by atoms with E-state index in [-0.39, 0.29) is 11.2 Å². The number of thioether (sulfide) groups is 1. The predicted molar refractivity (Wildman–Crippen MR) is 98.0 cm³/mol. The van der Waals surface area contributed by atoms with Gasteiger partial charge in [-0.1, -0.05) is 35.5 Å². The molecule has 2 aromatic carbocycles. The number of para-hydroxylation sites is 2. The molecule has 5 nitrogen and oxygen atoms in total. The van der Waals surface area contributed by atoms with Crippen molar-refractivity contribution < 1.29 is 9.53 Å². The number of hydrogen-bond acceptors (Lipinski definition) is 4. The van der Waals surface area contributed by atoms with Crippen molar-refractivity contribution in [1.82, 2.24) is 9.97 Å². The molecule has 0 aliphatic heterocycles. The molecule has 0 spiro atoms. The standard InChI is InChI=1S/C17H16ClN3O2S/c1-10(24-17-20-12-5-3-4-6-13(12)21-17)16(22)19-14-9-11(18)7-8-15(14)23-2/h3-10H,1-2H3,(H,19,22)(H,20,21)/t10-/m1/s1. The van der Waals surface area contributed by atoms with Crippen LogP contribution >= 0.6 is 23.4 Å². The van der Waals surface area contributed by atoms with E-state index >= 15 is 0 Å². The molecule has 0 bridgehead atoms. The smallest absolute Gasteiger partial charge is 0.237 e. The molecule has 1 aromatic heterocycles. The van der Waals surface area contributed by atoms with Crippen LogP contribution < -0.4 is 10.1 Å². The van der Waals surface area contributed by atoms with E-state index in [0.717, 1.165) is 11.0 Å².